The van der Waals surface area contributed by atoms with Crippen LogP contribution in [0, 0.1) is 0 Å². The Labute approximate surface area is 94.5 Å². The number of ether oxygens (including phenoxy) is 1. The van der Waals surface area contributed by atoms with Crippen LogP contribution < -0.4 is 0 Å². The van der Waals surface area contributed by atoms with Gasteiger partial charge < -0.3 is 4.74 Å². The summed E-state index contributed by atoms with van der Waals surface area (Å²) in [6.45, 7) is 4.19. The van der Waals surface area contributed by atoms with Gasteiger partial charge >= 0.3 is 0 Å². The number of hydrogen-bond donors (Lipinski definition) is 0. The van der Waals surface area contributed by atoms with Crippen LogP contribution in [0.4, 0.5) is 0 Å². The second-order valence-corrected chi connectivity index (χ2v) is 3.59. The van der Waals surface area contributed by atoms with E-state index in [4.69, 9.17) is 4.74 Å². The van der Waals surface area contributed by atoms with Crippen LogP contribution in [0.5, 0.6) is 0 Å². The summed E-state index contributed by atoms with van der Waals surface area (Å²) in [6.07, 6.45) is -0.465. The molecule has 0 saturated heterocycles. The molecule has 0 aliphatic carbocycles. The molecule has 4 heteroatoms. The van der Waals surface area contributed by atoms with Crippen LogP contribution >= 0.6 is 0 Å². The number of hydrogen-bond acceptors (Lipinski definition) is 3. The quantitative estimate of drug-likeness (QED) is 0.756. The first-order chi connectivity index (χ1) is 7.72. The number of likely N-dealkylation sites (N-methyl/N-ethyl adjacent to an activating group) is 1. The molecular weight excluding hydrogens is 204 g/mol. The lowest BCUT2D eigenvalue weighted by atomic mass is 10.2. The van der Waals surface area contributed by atoms with Crippen molar-refractivity contribution < 1.29 is 9.53 Å². The molecule has 1 amide bonds. The average molecular weight is 218 g/mol. The van der Waals surface area contributed by atoms with E-state index in [1.54, 1.807) is 6.92 Å². The van der Waals surface area contributed by atoms with Gasteiger partial charge in [-0.1, -0.05) is 18.2 Å². The van der Waals surface area contributed by atoms with Gasteiger partial charge in [0.05, 0.1) is 0 Å². The lowest BCUT2D eigenvalue weighted by Gasteiger charge is -2.27. The molecule has 1 unspecified atom stereocenters. The highest BCUT2D eigenvalue weighted by molar-refractivity contribution is 5.98. The molecule has 0 saturated carbocycles. The van der Waals surface area contributed by atoms with Crippen molar-refractivity contribution in [1.82, 2.24) is 5.01 Å². The fourth-order valence-electron chi connectivity index (χ4n) is 1.54. The predicted octanol–water partition coefficient (Wildman–Crippen LogP) is 1.62. The Balaban J connectivity index is 2.32. The second-order valence-electron chi connectivity index (χ2n) is 3.59. The molecule has 1 aromatic carbocycles. The molecule has 0 spiro atoms. The zero-order chi connectivity index (χ0) is 11.5. The van der Waals surface area contributed by atoms with E-state index in [0.717, 1.165) is 5.56 Å². The number of rotatable bonds is 2. The van der Waals surface area contributed by atoms with Gasteiger partial charge in [-0.25, -0.2) is 5.01 Å². The number of nitrogens with zero attached hydrogens (tertiary/aromatic N) is 2. The van der Waals surface area contributed by atoms with Gasteiger partial charge in [0.15, 0.2) is 6.10 Å². The third-order valence-electron chi connectivity index (χ3n) is 2.42. The lowest BCUT2D eigenvalue weighted by molar-refractivity contribution is -0.140. The molecule has 0 radical (unpaired) electrons. The van der Waals surface area contributed by atoms with E-state index >= 15 is 0 Å². The third kappa shape index (κ3) is 1.91. The predicted molar refractivity (Wildman–Crippen MR) is 60.9 cm³/mol. The number of benzene rings is 1. The highest BCUT2D eigenvalue weighted by Gasteiger charge is 2.28. The molecule has 1 atom stereocenters. The van der Waals surface area contributed by atoms with Gasteiger partial charge in [0.1, 0.15) is 0 Å². The molecule has 0 fully saturated rings. The normalized spacial score (nSPS) is 20.4. The summed E-state index contributed by atoms with van der Waals surface area (Å²) >= 11 is 0. The van der Waals surface area contributed by atoms with Crippen molar-refractivity contribution in [1.29, 1.82) is 0 Å². The summed E-state index contributed by atoms with van der Waals surface area (Å²) < 4.78 is 5.48. The molecule has 1 aromatic rings. The Morgan fingerprint density at radius 2 is 2.06 bits per heavy atom. The Bertz CT molecular complexity index is 414. The van der Waals surface area contributed by atoms with Crippen LogP contribution in [0.1, 0.15) is 19.4 Å². The molecule has 16 heavy (non-hydrogen) atoms. The minimum Gasteiger partial charge on any atom is -0.463 e. The summed E-state index contributed by atoms with van der Waals surface area (Å²) in [5.41, 5.74) is 0.889. The zero-order valence-electron chi connectivity index (χ0n) is 9.38. The second kappa shape index (κ2) is 4.35. The van der Waals surface area contributed by atoms with Crippen molar-refractivity contribution >= 4 is 11.8 Å². The van der Waals surface area contributed by atoms with Crippen LogP contribution in [0.3, 0.4) is 0 Å². The topological polar surface area (TPSA) is 41.9 Å². The van der Waals surface area contributed by atoms with Gasteiger partial charge in [-0.05, 0) is 26.0 Å². The Kier molecular flexibility index (Phi) is 2.90. The summed E-state index contributed by atoms with van der Waals surface area (Å²) in [6, 6.07) is 9.58. The van der Waals surface area contributed by atoms with Crippen LogP contribution in [-0.2, 0) is 9.53 Å². The van der Waals surface area contributed by atoms with Crippen molar-refractivity contribution in [3.05, 3.63) is 35.9 Å². The fraction of sp³-hybridized carbons (Fsp3) is 0.333. The van der Waals surface area contributed by atoms with Crippen LogP contribution in [-0.4, -0.2) is 29.5 Å². The first-order valence-corrected chi connectivity index (χ1v) is 5.34. The van der Waals surface area contributed by atoms with Crippen molar-refractivity contribution in [2.24, 2.45) is 5.10 Å². The molecule has 4 nitrogen and oxygen atoms in total. The average Bonchev–Trinajstić information content (AvgIpc) is 2.33. The molecule has 0 bridgehead atoms. The lowest BCUT2D eigenvalue weighted by Crippen LogP contribution is -2.42. The number of amides is 1. The van der Waals surface area contributed by atoms with Crippen LogP contribution in [0.25, 0.3) is 0 Å². The maximum atomic E-state index is 11.6. The van der Waals surface area contributed by atoms with Gasteiger partial charge in [0.2, 0.25) is 5.90 Å². The molecule has 0 N–H and O–H groups in total. The van der Waals surface area contributed by atoms with Crippen LogP contribution in [0.2, 0.25) is 0 Å². The van der Waals surface area contributed by atoms with E-state index in [1.165, 1.54) is 5.01 Å². The van der Waals surface area contributed by atoms with Gasteiger partial charge in [-0.2, -0.15) is 0 Å². The summed E-state index contributed by atoms with van der Waals surface area (Å²) in [7, 11) is 0. The highest BCUT2D eigenvalue weighted by Crippen LogP contribution is 2.13. The van der Waals surface area contributed by atoms with Gasteiger partial charge in [-0.3, -0.25) is 4.79 Å². The highest BCUT2D eigenvalue weighted by atomic mass is 16.5. The van der Waals surface area contributed by atoms with Crippen LogP contribution in [0.15, 0.2) is 35.4 Å². The molecule has 2 rings (SSSR count). The molecule has 0 aromatic heterocycles. The number of hydrazone groups is 1. The summed E-state index contributed by atoms with van der Waals surface area (Å²) in [5, 5.41) is 5.62. The van der Waals surface area contributed by atoms with Gasteiger partial charge in [0, 0.05) is 12.1 Å². The first kappa shape index (κ1) is 10.7. The smallest absolute Gasteiger partial charge is 0.283 e. The van der Waals surface area contributed by atoms with Gasteiger partial charge in [-0.15, -0.1) is 5.10 Å². The SMILES string of the molecule is CCN1N=C(c2ccccc2)OC(C)C1=O. The molecular formula is C12H14N2O2. The zero-order valence-corrected chi connectivity index (χ0v) is 9.38. The maximum Gasteiger partial charge on any atom is 0.283 e. The Morgan fingerprint density at radius 3 is 2.69 bits per heavy atom. The van der Waals surface area contributed by atoms with E-state index in [-0.39, 0.29) is 5.91 Å². The molecule has 1 aliphatic heterocycles. The van der Waals surface area contributed by atoms with Crippen molar-refractivity contribution in [3.8, 4) is 0 Å². The standard InChI is InChI=1S/C12H14N2O2/c1-3-14-12(15)9(2)16-11(13-14)10-7-5-4-6-8-10/h4-9H,3H2,1-2H3. The number of carbonyl (C=O) groups is 1. The van der Waals surface area contributed by atoms with Gasteiger partial charge in [0.25, 0.3) is 5.91 Å². The molecule has 1 heterocycles. The molecule has 84 valence electrons. The maximum absolute atomic E-state index is 11.6. The monoisotopic (exact) mass is 218 g/mol. The summed E-state index contributed by atoms with van der Waals surface area (Å²) in [5.74, 6) is 0.414. The molecule has 1 aliphatic rings. The van der Waals surface area contributed by atoms with E-state index < -0.39 is 6.10 Å². The fourth-order valence-corrected chi connectivity index (χ4v) is 1.54. The van der Waals surface area contributed by atoms with E-state index in [1.807, 2.05) is 37.3 Å². The summed E-state index contributed by atoms with van der Waals surface area (Å²) in [4.78, 5) is 11.6. The minimum absolute atomic E-state index is 0.0952. The number of carbonyl (C=O) groups excluding carboxylic acids is 1. The third-order valence-corrected chi connectivity index (χ3v) is 2.42. The largest absolute Gasteiger partial charge is 0.463 e. The van der Waals surface area contributed by atoms with Crippen molar-refractivity contribution in [2.75, 3.05) is 6.54 Å². The van der Waals surface area contributed by atoms with E-state index in [2.05, 4.69) is 5.10 Å². The Hall–Kier alpha value is -1.84. The van der Waals surface area contributed by atoms with Crippen molar-refractivity contribution in [2.45, 2.75) is 20.0 Å². The first-order valence-electron chi connectivity index (χ1n) is 5.34. The van der Waals surface area contributed by atoms with E-state index in [0.29, 0.717) is 12.4 Å². The Morgan fingerprint density at radius 1 is 1.38 bits per heavy atom. The minimum atomic E-state index is -0.465. The van der Waals surface area contributed by atoms with Crippen molar-refractivity contribution in [3.63, 3.8) is 0 Å². The van der Waals surface area contributed by atoms with E-state index in [9.17, 15) is 4.79 Å².